The number of benzene rings is 1. The van der Waals surface area contributed by atoms with E-state index in [1.54, 1.807) is 31.2 Å². The van der Waals surface area contributed by atoms with Crippen LogP contribution in [-0.4, -0.2) is 9.97 Å². The Bertz CT molecular complexity index is 500. The van der Waals surface area contributed by atoms with Gasteiger partial charge >= 0.3 is 0 Å². The Kier molecular flexibility index (Phi) is 3.27. The second-order valence-corrected chi connectivity index (χ2v) is 3.95. The summed E-state index contributed by atoms with van der Waals surface area (Å²) >= 11 is 11.6. The topological polar surface area (TPSA) is 35.0 Å². The van der Waals surface area contributed by atoms with E-state index in [4.69, 9.17) is 27.9 Å². The molecule has 0 atom stereocenters. The van der Waals surface area contributed by atoms with Crippen molar-refractivity contribution in [3.8, 4) is 11.6 Å². The molecular weight excluding hydrogens is 247 g/mol. The third-order valence-electron chi connectivity index (χ3n) is 2.00. The summed E-state index contributed by atoms with van der Waals surface area (Å²) < 4.78 is 5.55. The molecule has 1 aromatic heterocycles. The van der Waals surface area contributed by atoms with Gasteiger partial charge in [-0.05, 0) is 31.2 Å². The zero-order chi connectivity index (χ0) is 11.5. The summed E-state index contributed by atoms with van der Waals surface area (Å²) in [6, 6.07) is 7.01. The first-order chi connectivity index (χ1) is 7.66. The van der Waals surface area contributed by atoms with Crippen LogP contribution in [0.1, 0.15) is 5.56 Å². The molecule has 5 heteroatoms. The number of aromatic nitrogens is 2. The highest BCUT2D eigenvalue weighted by atomic mass is 35.5. The molecule has 0 fully saturated rings. The van der Waals surface area contributed by atoms with Crippen LogP contribution in [0.3, 0.4) is 0 Å². The molecule has 0 aliphatic heterocycles. The second-order valence-electron chi connectivity index (χ2n) is 3.15. The predicted octanol–water partition coefficient (Wildman–Crippen LogP) is 3.88. The van der Waals surface area contributed by atoms with Crippen molar-refractivity contribution >= 4 is 23.2 Å². The Balaban J connectivity index is 2.27. The Labute approximate surface area is 103 Å². The lowest BCUT2D eigenvalue weighted by molar-refractivity contribution is 0.457. The monoisotopic (exact) mass is 254 g/mol. The van der Waals surface area contributed by atoms with Crippen LogP contribution in [0.4, 0.5) is 0 Å². The second kappa shape index (κ2) is 4.68. The van der Waals surface area contributed by atoms with Crippen molar-refractivity contribution in [2.75, 3.05) is 0 Å². The predicted molar refractivity (Wildman–Crippen MR) is 63.3 cm³/mol. The van der Waals surface area contributed by atoms with Crippen LogP contribution < -0.4 is 4.74 Å². The molecule has 0 unspecified atom stereocenters. The normalized spacial score (nSPS) is 10.2. The van der Waals surface area contributed by atoms with E-state index in [1.807, 2.05) is 0 Å². The van der Waals surface area contributed by atoms with Crippen molar-refractivity contribution in [3.05, 3.63) is 46.3 Å². The van der Waals surface area contributed by atoms with E-state index >= 15 is 0 Å². The fourth-order valence-corrected chi connectivity index (χ4v) is 1.38. The lowest BCUT2D eigenvalue weighted by Crippen LogP contribution is -1.93. The van der Waals surface area contributed by atoms with E-state index < -0.39 is 0 Å². The summed E-state index contributed by atoms with van der Waals surface area (Å²) in [6.07, 6.45) is 1.36. The maximum Gasteiger partial charge on any atom is 0.226 e. The number of nitrogens with zero attached hydrogens (tertiary/aromatic N) is 2. The van der Waals surface area contributed by atoms with E-state index in [9.17, 15) is 0 Å². The van der Waals surface area contributed by atoms with Gasteiger partial charge in [0.05, 0.1) is 0 Å². The minimum Gasteiger partial charge on any atom is -0.439 e. The zero-order valence-electron chi connectivity index (χ0n) is 8.45. The largest absolute Gasteiger partial charge is 0.439 e. The van der Waals surface area contributed by atoms with Gasteiger partial charge in [0.15, 0.2) is 0 Å². The molecule has 0 spiro atoms. The molecule has 0 N–H and O–H groups in total. The maximum absolute atomic E-state index is 5.85. The molecule has 2 aromatic rings. The highest BCUT2D eigenvalue weighted by molar-refractivity contribution is 6.30. The lowest BCUT2D eigenvalue weighted by atomic mass is 10.3. The quantitative estimate of drug-likeness (QED) is 0.763. The third-order valence-corrected chi connectivity index (χ3v) is 2.64. The number of ether oxygens (including phenoxy) is 1. The van der Waals surface area contributed by atoms with E-state index in [-0.39, 0.29) is 0 Å². The number of halogens is 2. The van der Waals surface area contributed by atoms with Gasteiger partial charge in [0.25, 0.3) is 0 Å². The summed E-state index contributed by atoms with van der Waals surface area (Å²) in [4.78, 5) is 7.85. The molecule has 0 aliphatic rings. The maximum atomic E-state index is 5.85. The molecular formula is C11H8Cl2N2O. The van der Waals surface area contributed by atoms with Crippen LogP contribution in [0, 0.1) is 6.92 Å². The highest BCUT2D eigenvalue weighted by Crippen LogP contribution is 2.26. The van der Waals surface area contributed by atoms with Crippen LogP contribution in [-0.2, 0) is 0 Å². The number of rotatable bonds is 2. The van der Waals surface area contributed by atoms with Gasteiger partial charge in [0, 0.05) is 10.6 Å². The van der Waals surface area contributed by atoms with E-state index in [1.165, 1.54) is 6.33 Å². The van der Waals surface area contributed by atoms with Crippen LogP contribution in [0.5, 0.6) is 11.6 Å². The molecule has 1 aromatic carbocycles. The van der Waals surface area contributed by atoms with E-state index in [0.29, 0.717) is 27.4 Å². The van der Waals surface area contributed by atoms with Crippen molar-refractivity contribution in [1.29, 1.82) is 0 Å². The number of hydrogen-bond donors (Lipinski definition) is 0. The summed E-state index contributed by atoms with van der Waals surface area (Å²) in [6.45, 7) is 1.80. The molecule has 0 amide bonds. The molecule has 0 bridgehead atoms. The Morgan fingerprint density at radius 3 is 2.44 bits per heavy atom. The molecule has 0 saturated carbocycles. The molecule has 16 heavy (non-hydrogen) atoms. The van der Waals surface area contributed by atoms with E-state index in [2.05, 4.69) is 9.97 Å². The van der Waals surface area contributed by atoms with Crippen molar-refractivity contribution in [1.82, 2.24) is 9.97 Å². The SMILES string of the molecule is Cc1c(Cl)ncnc1Oc1ccc(Cl)cc1. The van der Waals surface area contributed by atoms with Crippen molar-refractivity contribution < 1.29 is 4.74 Å². The molecule has 82 valence electrons. The molecule has 1 heterocycles. The smallest absolute Gasteiger partial charge is 0.226 e. The van der Waals surface area contributed by atoms with E-state index in [0.717, 1.165) is 0 Å². The van der Waals surface area contributed by atoms with Crippen molar-refractivity contribution in [3.63, 3.8) is 0 Å². The Morgan fingerprint density at radius 2 is 1.75 bits per heavy atom. The molecule has 0 saturated heterocycles. The highest BCUT2D eigenvalue weighted by Gasteiger charge is 2.06. The Morgan fingerprint density at radius 1 is 1.06 bits per heavy atom. The lowest BCUT2D eigenvalue weighted by Gasteiger charge is -2.07. The fraction of sp³-hybridized carbons (Fsp3) is 0.0909. The third kappa shape index (κ3) is 2.43. The van der Waals surface area contributed by atoms with Crippen molar-refractivity contribution in [2.24, 2.45) is 0 Å². The minimum atomic E-state index is 0.388. The van der Waals surface area contributed by atoms with Crippen LogP contribution in [0.2, 0.25) is 10.2 Å². The molecule has 2 rings (SSSR count). The van der Waals surface area contributed by atoms with Gasteiger partial charge in [-0.2, -0.15) is 0 Å². The zero-order valence-corrected chi connectivity index (χ0v) is 9.96. The Hall–Kier alpha value is -1.32. The van der Waals surface area contributed by atoms with Crippen LogP contribution in [0.15, 0.2) is 30.6 Å². The summed E-state index contributed by atoms with van der Waals surface area (Å²) in [5.41, 5.74) is 0.708. The average molecular weight is 255 g/mol. The molecule has 0 aliphatic carbocycles. The first kappa shape index (κ1) is 11.2. The summed E-state index contributed by atoms with van der Waals surface area (Å²) in [7, 11) is 0. The van der Waals surface area contributed by atoms with Crippen LogP contribution >= 0.6 is 23.2 Å². The summed E-state index contributed by atoms with van der Waals surface area (Å²) in [5.74, 6) is 1.10. The fourth-order valence-electron chi connectivity index (χ4n) is 1.13. The van der Waals surface area contributed by atoms with Gasteiger partial charge in [-0.3, -0.25) is 0 Å². The first-order valence-electron chi connectivity index (χ1n) is 4.57. The van der Waals surface area contributed by atoms with Gasteiger partial charge in [-0.25, -0.2) is 9.97 Å². The van der Waals surface area contributed by atoms with Crippen molar-refractivity contribution in [2.45, 2.75) is 6.92 Å². The van der Waals surface area contributed by atoms with Gasteiger partial charge in [0.1, 0.15) is 17.2 Å². The van der Waals surface area contributed by atoms with Gasteiger partial charge < -0.3 is 4.74 Å². The molecule has 3 nitrogen and oxygen atoms in total. The molecule has 0 radical (unpaired) electrons. The summed E-state index contributed by atoms with van der Waals surface area (Å²) in [5, 5.41) is 1.05. The minimum absolute atomic E-state index is 0.388. The van der Waals surface area contributed by atoms with Gasteiger partial charge in [0.2, 0.25) is 5.88 Å². The average Bonchev–Trinajstić information content (AvgIpc) is 2.28. The first-order valence-corrected chi connectivity index (χ1v) is 5.33. The van der Waals surface area contributed by atoms with Gasteiger partial charge in [-0.15, -0.1) is 0 Å². The van der Waals surface area contributed by atoms with Gasteiger partial charge in [-0.1, -0.05) is 23.2 Å². The number of hydrogen-bond acceptors (Lipinski definition) is 3. The standard InChI is InChI=1S/C11H8Cl2N2O/c1-7-10(13)14-6-15-11(7)16-9-4-2-8(12)3-5-9/h2-6H,1H3. The van der Waals surface area contributed by atoms with Crippen LogP contribution in [0.25, 0.3) is 0 Å².